The number of hydrogen-bond donors (Lipinski definition) is 2. The Balaban J connectivity index is 1.64. The number of carbonyl (C=O) groups excluding carboxylic acids is 2. The second-order valence-corrected chi connectivity index (χ2v) is 5.93. The van der Waals surface area contributed by atoms with Gasteiger partial charge in [-0.3, -0.25) is 4.79 Å². The maximum atomic E-state index is 12.3. The van der Waals surface area contributed by atoms with Crippen molar-refractivity contribution in [1.29, 1.82) is 0 Å². The van der Waals surface area contributed by atoms with Crippen molar-refractivity contribution in [2.45, 2.75) is 20.0 Å². The summed E-state index contributed by atoms with van der Waals surface area (Å²) >= 11 is 0. The van der Waals surface area contributed by atoms with Crippen LogP contribution in [0.5, 0.6) is 11.5 Å². The van der Waals surface area contributed by atoms with Gasteiger partial charge in [0.25, 0.3) is 5.91 Å². The van der Waals surface area contributed by atoms with E-state index in [0.29, 0.717) is 36.1 Å². The number of rotatable bonds is 4. The minimum absolute atomic E-state index is 0.240. The van der Waals surface area contributed by atoms with Crippen molar-refractivity contribution in [3.8, 4) is 11.5 Å². The van der Waals surface area contributed by atoms with Gasteiger partial charge in [-0.1, -0.05) is 12.1 Å². The second-order valence-electron chi connectivity index (χ2n) is 5.93. The van der Waals surface area contributed by atoms with Crippen LogP contribution in [0.1, 0.15) is 22.8 Å². The van der Waals surface area contributed by atoms with E-state index >= 15 is 0 Å². The number of esters is 1. The Morgan fingerprint density at radius 3 is 2.65 bits per heavy atom. The summed E-state index contributed by atoms with van der Waals surface area (Å²) in [5, 5.41) is 2.69. The molecule has 7 heteroatoms. The molecule has 0 unspecified atom stereocenters. The zero-order valence-electron chi connectivity index (χ0n) is 14.6. The molecular weight excluding hydrogens is 336 g/mol. The molecule has 1 amide bonds. The smallest absolute Gasteiger partial charge is 0.341 e. The molecule has 0 saturated carbocycles. The summed E-state index contributed by atoms with van der Waals surface area (Å²) in [5.41, 5.74) is 7.78. The van der Waals surface area contributed by atoms with Crippen LogP contribution in [0.2, 0.25) is 0 Å². The molecule has 0 saturated heterocycles. The third-order valence-electron chi connectivity index (χ3n) is 4.01. The number of benzene rings is 2. The molecule has 3 rings (SSSR count). The maximum absolute atomic E-state index is 12.3. The average Bonchev–Trinajstić information content (AvgIpc) is 2.63. The minimum Gasteiger partial charge on any atom is -0.486 e. The van der Waals surface area contributed by atoms with E-state index in [1.807, 2.05) is 0 Å². The first kappa shape index (κ1) is 17.6. The SMILES string of the molecule is Cc1cccc(C(=O)O[C@@H](C)C(=O)Nc2ccc3c(c2)OCCO3)c1N. The van der Waals surface area contributed by atoms with Gasteiger partial charge in [0.1, 0.15) is 13.2 Å². The highest BCUT2D eigenvalue weighted by atomic mass is 16.6. The number of anilines is 2. The van der Waals surface area contributed by atoms with Crippen molar-refractivity contribution >= 4 is 23.3 Å². The van der Waals surface area contributed by atoms with Crippen molar-refractivity contribution < 1.29 is 23.8 Å². The summed E-state index contributed by atoms with van der Waals surface area (Å²) in [6.07, 6.45) is -0.990. The van der Waals surface area contributed by atoms with Crippen LogP contribution < -0.4 is 20.5 Å². The van der Waals surface area contributed by atoms with Crippen molar-refractivity contribution in [2.24, 2.45) is 0 Å². The number of ether oxygens (including phenoxy) is 3. The Morgan fingerprint density at radius 1 is 1.15 bits per heavy atom. The molecular formula is C19H20N2O5. The van der Waals surface area contributed by atoms with Crippen LogP contribution in [-0.4, -0.2) is 31.2 Å². The standard InChI is InChI=1S/C19H20N2O5/c1-11-4-3-5-14(17(11)20)19(23)26-12(2)18(22)21-13-6-7-15-16(10-13)25-9-8-24-15/h3-7,10,12H,8-9,20H2,1-2H3,(H,21,22)/t12-/m0/s1. The zero-order valence-corrected chi connectivity index (χ0v) is 14.6. The van der Waals surface area contributed by atoms with Gasteiger partial charge >= 0.3 is 5.97 Å². The first-order chi connectivity index (χ1) is 12.5. The van der Waals surface area contributed by atoms with Crippen LogP contribution >= 0.6 is 0 Å². The molecule has 136 valence electrons. The van der Waals surface area contributed by atoms with E-state index < -0.39 is 18.0 Å². The number of para-hydroxylation sites is 1. The Labute approximate surface area is 151 Å². The predicted octanol–water partition coefficient (Wildman–Crippen LogP) is 2.53. The molecule has 0 aromatic heterocycles. The molecule has 0 bridgehead atoms. The number of amides is 1. The summed E-state index contributed by atoms with van der Waals surface area (Å²) in [6, 6.07) is 10.1. The molecule has 7 nitrogen and oxygen atoms in total. The first-order valence-corrected chi connectivity index (χ1v) is 8.22. The van der Waals surface area contributed by atoms with Crippen molar-refractivity contribution in [3.05, 3.63) is 47.5 Å². The molecule has 1 aliphatic rings. The number of nitrogens with one attached hydrogen (secondary N) is 1. The van der Waals surface area contributed by atoms with Crippen LogP contribution in [0.15, 0.2) is 36.4 Å². The summed E-state index contributed by atoms with van der Waals surface area (Å²) in [6.45, 7) is 4.24. The predicted molar refractivity (Wildman–Crippen MR) is 96.5 cm³/mol. The fraction of sp³-hybridized carbons (Fsp3) is 0.263. The molecule has 2 aromatic rings. The summed E-state index contributed by atoms with van der Waals surface area (Å²) in [5.74, 6) is 0.0900. The lowest BCUT2D eigenvalue weighted by molar-refractivity contribution is -0.123. The highest BCUT2D eigenvalue weighted by Crippen LogP contribution is 2.32. The minimum atomic E-state index is -0.990. The molecule has 0 fully saturated rings. The van der Waals surface area contributed by atoms with Gasteiger partial charge in [0.05, 0.1) is 5.56 Å². The maximum Gasteiger partial charge on any atom is 0.341 e. The molecule has 26 heavy (non-hydrogen) atoms. The average molecular weight is 356 g/mol. The Bertz CT molecular complexity index is 850. The molecule has 0 radical (unpaired) electrons. The van der Waals surface area contributed by atoms with Crippen molar-refractivity contribution in [3.63, 3.8) is 0 Å². The van der Waals surface area contributed by atoms with Crippen LogP contribution in [0.4, 0.5) is 11.4 Å². The van der Waals surface area contributed by atoms with E-state index in [-0.39, 0.29) is 5.56 Å². The fourth-order valence-electron chi connectivity index (χ4n) is 2.50. The molecule has 1 atom stereocenters. The lowest BCUT2D eigenvalue weighted by Crippen LogP contribution is -2.30. The number of aryl methyl sites for hydroxylation is 1. The molecule has 0 spiro atoms. The fourth-order valence-corrected chi connectivity index (χ4v) is 2.50. The van der Waals surface area contributed by atoms with Gasteiger partial charge < -0.3 is 25.3 Å². The summed E-state index contributed by atoms with van der Waals surface area (Å²) in [4.78, 5) is 24.6. The number of hydrogen-bond acceptors (Lipinski definition) is 6. The Morgan fingerprint density at radius 2 is 1.88 bits per heavy atom. The number of nitrogen functional groups attached to an aromatic ring is 1. The van der Waals surface area contributed by atoms with Gasteiger partial charge in [0, 0.05) is 17.4 Å². The lowest BCUT2D eigenvalue weighted by Gasteiger charge is -2.19. The highest BCUT2D eigenvalue weighted by Gasteiger charge is 2.21. The van der Waals surface area contributed by atoms with Gasteiger partial charge in [-0.25, -0.2) is 4.79 Å². The Hall–Kier alpha value is -3.22. The number of nitrogens with two attached hydrogens (primary N) is 1. The zero-order chi connectivity index (χ0) is 18.7. The molecule has 0 aliphatic carbocycles. The third-order valence-corrected chi connectivity index (χ3v) is 4.01. The normalized spacial score (nSPS) is 13.6. The first-order valence-electron chi connectivity index (χ1n) is 8.22. The monoisotopic (exact) mass is 356 g/mol. The van der Waals surface area contributed by atoms with Gasteiger partial charge in [0.2, 0.25) is 0 Å². The topological polar surface area (TPSA) is 99.9 Å². The largest absolute Gasteiger partial charge is 0.486 e. The van der Waals surface area contributed by atoms with Gasteiger partial charge in [-0.05, 0) is 37.6 Å². The summed E-state index contributed by atoms with van der Waals surface area (Å²) < 4.78 is 16.1. The van der Waals surface area contributed by atoms with Crippen molar-refractivity contribution in [2.75, 3.05) is 24.3 Å². The number of carbonyl (C=O) groups is 2. The van der Waals surface area contributed by atoms with E-state index in [9.17, 15) is 9.59 Å². The quantitative estimate of drug-likeness (QED) is 0.645. The molecule has 1 aliphatic heterocycles. The number of fused-ring (bicyclic) bond motifs is 1. The van der Waals surface area contributed by atoms with Crippen LogP contribution in [0.25, 0.3) is 0 Å². The van der Waals surface area contributed by atoms with E-state index in [1.54, 1.807) is 43.3 Å². The van der Waals surface area contributed by atoms with E-state index in [0.717, 1.165) is 5.56 Å². The van der Waals surface area contributed by atoms with Crippen LogP contribution in [-0.2, 0) is 9.53 Å². The molecule has 3 N–H and O–H groups in total. The van der Waals surface area contributed by atoms with E-state index in [4.69, 9.17) is 19.9 Å². The van der Waals surface area contributed by atoms with Crippen LogP contribution in [0.3, 0.4) is 0 Å². The third kappa shape index (κ3) is 3.72. The highest BCUT2D eigenvalue weighted by molar-refractivity contribution is 5.99. The second kappa shape index (κ2) is 7.35. The van der Waals surface area contributed by atoms with Gasteiger partial charge in [-0.15, -0.1) is 0 Å². The van der Waals surface area contributed by atoms with E-state index in [2.05, 4.69) is 5.32 Å². The molecule has 1 heterocycles. The Kier molecular flexibility index (Phi) is 4.97. The van der Waals surface area contributed by atoms with Crippen molar-refractivity contribution in [1.82, 2.24) is 0 Å². The van der Waals surface area contributed by atoms with Gasteiger partial charge in [-0.2, -0.15) is 0 Å². The van der Waals surface area contributed by atoms with Crippen LogP contribution in [0, 0.1) is 6.92 Å². The summed E-state index contributed by atoms with van der Waals surface area (Å²) in [7, 11) is 0. The lowest BCUT2D eigenvalue weighted by atomic mass is 10.1. The molecule has 2 aromatic carbocycles. The van der Waals surface area contributed by atoms with E-state index in [1.165, 1.54) is 6.92 Å². The van der Waals surface area contributed by atoms with Gasteiger partial charge in [0.15, 0.2) is 17.6 Å².